The molecule has 0 aromatic heterocycles. The van der Waals surface area contributed by atoms with Crippen molar-refractivity contribution in [2.45, 2.75) is 4.90 Å². The summed E-state index contributed by atoms with van der Waals surface area (Å²) in [5.41, 5.74) is 0.891. The van der Waals surface area contributed by atoms with Gasteiger partial charge in [-0.25, -0.2) is 17.9 Å². The maximum atomic E-state index is 13.8. The highest BCUT2D eigenvalue weighted by Gasteiger charge is 2.12. The molecule has 0 saturated heterocycles. The molecule has 0 aliphatic rings. The van der Waals surface area contributed by atoms with Crippen molar-refractivity contribution in [1.29, 1.82) is 0 Å². The first kappa shape index (κ1) is 14.3. The van der Waals surface area contributed by atoms with Crippen LogP contribution in [-0.2, 0) is 10.0 Å². The van der Waals surface area contributed by atoms with Gasteiger partial charge in [0.2, 0.25) is 10.0 Å². The number of hydrogen-bond donors (Lipinski definition) is 2. The second kappa shape index (κ2) is 5.48. The van der Waals surface area contributed by atoms with Crippen LogP contribution < -0.4 is 15.2 Å². The zero-order chi connectivity index (χ0) is 14.8. The highest BCUT2D eigenvalue weighted by atomic mass is 32.2. The van der Waals surface area contributed by atoms with E-state index in [9.17, 15) is 12.8 Å². The van der Waals surface area contributed by atoms with Crippen LogP contribution in [0.15, 0.2) is 47.4 Å². The molecule has 0 bridgehead atoms. The molecule has 0 aliphatic heterocycles. The molecular weight excluding hydrogens is 283 g/mol. The Morgan fingerprint density at radius 2 is 1.80 bits per heavy atom. The molecule has 0 amide bonds. The molecular formula is C13H13FN2O3S. The maximum Gasteiger partial charge on any atom is 0.238 e. The molecule has 2 aromatic carbocycles. The van der Waals surface area contributed by atoms with Crippen molar-refractivity contribution in [3.63, 3.8) is 0 Å². The van der Waals surface area contributed by atoms with E-state index in [2.05, 4.69) is 5.32 Å². The summed E-state index contributed by atoms with van der Waals surface area (Å²) in [5.74, 6) is -0.435. The third-order valence-electron chi connectivity index (χ3n) is 2.60. The van der Waals surface area contributed by atoms with Gasteiger partial charge in [0.1, 0.15) is 5.75 Å². The minimum absolute atomic E-state index is 0.0744. The largest absolute Gasteiger partial charge is 0.454 e. The van der Waals surface area contributed by atoms with E-state index < -0.39 is 15.8 Å². The van der Waals surface area contributed by atoms with Crippen molar-refractivity contribution in [3.05, 3.63) is 48.3 Å². The van der Waals surface area contributed by atoms with Gasteiger partial charge < -0.3 is 10.1 Å². The van der Waals surface area contributed by atoms with E-state index in [4.69, 9.17) is 9.88 Å². The van der Waals surface area contributed by atoms with Crippen molar-refractivity contribution in [2.24, 2.45) is 5.14 Å². The van der Waals surface area contributed by atoms with Gasteiger partial charge in [-0.2, -0.15) is 0 Å². The van der Waals surface area contributed by atoms with Crippen LogP contribution in [0.2, 0.25) is 0 Å². The number of rotatable bonds is 4. The highest BCUT2D eigenvalue weighted by molar-refractivity contribution is 7.89. The summed E-state index contributed by atoms with van der Waals surface area (Å²) < 4.78 is 41.3. The summed E-state index contributed by atoms with van der Waals surface area (Å²) in [6.45, 7) is 0. The minimum atomic E-state index is -3.93. The van der Waals surface area contributed by atoms with Crippen LogP contribution in [-0.4, -0.2) is 15.5 Å². The zero-order valence-electron chi connectivity index (χ0n) is 10.6. The van der Waals surface area contributed by atoms with Crippen molar-refractivity contribution < 1.29 is 17.5 Å². The predicted molar refractivity (Wildman–Crippen MR) is 73.8 cm³/mol. The summed E-state index contributed by atoms with van der Waals surface area (Å²) in [6, 6.07) is 10.1. The monoisotopic (exact) mass is 296 g/mol. The van der Waals surface area contributed by atoms with Crippen molar-refractivity contribution >= 4 is 15.7 Å². The number of anilines is 1. The Bertz CT molecular complexity index is 715. The predicted octanol–water partition coefficient (Wildman–Crippen LogP) is 2.31. The SMILES string of the molecule is CNc1ccc(Oc2ccc(S(N)(=O)=O)cc2F)cc1. The molecule has 0 heterocycles. The molecule has 3 N–H and O–H groups in total. The second-order valence-electron chi connectivity index (χ2n) is 4.01. The third-order valence-corrected chi connectivity index (χ3v) is 3.51. The molecule has 106 valence electrons. The first-order chi connectivity index (χ1) is 9.40. The molecule has 0 atom stereocenters. The summed E-state index contributed by atoms with van der Waals surface area (Å²) in [6.07, 6.45) is 0. The molecule has 2 aromatic rings. The average Bonchev–Trinajstić information content (AvgIpc) is 2.41. The van der Waals surface area contributed by atoms with Crippen LogP contribution in [0.25, 0.3) is 0 Å². The highest BCUT2D eigenvalue weighted by Crippen LogP contribution is 2.27. The maximum absolute atomic E-state index is 13.8. The molecule has 0 radical (unpaired) electrons. The van der Waals surface area contributed by atoms with Crippen LogP contribution in [0.3, 0.4) is 0 Å². The van der Waals surface area contributed by atoms with Gasteiger partial charge in [-0.05, 0) is 42.5 Å². The Balaban J connectivity index is 2.25. The molecule has 5 nitrogen and oxygen atoms in total. The number of nitrogens with one attached hydrogen (secondary N) is 1. The lowest BCUT2D eigenvalue weighted by molar-refractivity contribution is 0.441. The van der Waals surface area contributed by atoms with E-state index >= 15 is 0 Å². The molecule has 0 saturated carbocycles. The van der Waals surface area contributed by atoms with Gasteiger partial charge in [0.05, 0.1) is 4.90 Å². The molecule has 2 rings (SSSR count). The quantitative estimate of drug-likeness (QED) is 0.907. The molecule has 0 aliphatic carbocycles. The van der Waals surface area contributed by atoms with Gasteiger partial charge in [-0.15, -0.1) is 0 Å². The Labute approximate surface area is 116 Å². The number of sulfonamides is 1. The molecule has 0 spiro atoms. The lowest BCUT2D eigenvalue weighted by atomic mass is 10.3. The Kier molecular flexibility index (Phi) is 3.91. The van der Waals surface area contributed by atoms with Crippen LogP contribution >= 0.6 is 0 Å². The van der Waals surface area contributed by atoms with Crippen molar-refractivity contribution in [1.82, 2.24) is 0 Å². The van der Waals surface area contributed by atoms with E-state index in [0.29, 0.717) is 5.75 Å². The van der Waals surface area contributed by atoms with Gasteiger partial charge in [0.25, 0.3) is 0 Å². The van der Waals surface area contributed by atoms with Gasteiger partial charge in [0.15, 0.2) is 11.6 Å². The van der Waals surface area contributed by atoms with Crippen LogP contribution in [0.5, 0.6) is 11.5 Å². The van der Waals surface area contributed by atoms with Crippen molar-refractivity contribution in [3.8, 4) is 11.5 Å². The number of hydrogen-bond acceptors (Lipinski definition) is 4. The summed E-state index contributed by atoms with van der Waals surface area (Å²) in [4.78, 5) is -0.298. The molecule has 20 heavy (non-hydrogen) atoms. The normalized spacial score (nSPS) is 11.2. The summed E-state index contributed by atoms with van der Waals surface area (Å²) >= 11 is 0. The fourth-order valence-electron chi connectivity index (χ4n) is 1.56. The van der Waals surface area contributed by atoms with Gasteiger partial charge in [0, 0.05) is 12.7 Å². The number of ether oxygens (including phenoxy) is 1. The number of benzene rings is 2. The first-order valence-corrected chi connectivity index (χ1v) is 7.23. The van der Waals surface area contributed by atoms with E-state index in [1.807, 2.05) is 0 Å². The smallest absolute Gasteiger partial charge is 0.238 e. The second-order valence-corrected chi connectivity index (χ2v) is 5.58. The number of primary sulfonamides is 1. The third kappa shape index (κ3) is 3.25. The Hall–Kier alpha value is -2.12. The lowest BCUT2D eigenvalue weighted by Gasteiger charge is -2.08. The first-order valence-electron chi connectivity index (χ1n) is 5.68. The van der Waals surface area contributed by atoms with Crippen LogP contribution in [0.1, 0.15) is 0 Å². The molecule has 7 heteroatoms. The van der Waals surface area contributed by atoms with Crippen molar-refractivity contribution in [2.75, 3.05) is 12.4 Å². The summed E-state index contributed by atoms with van der Waals surface area (Å²) in [7, 11) is -2.15. The average molecular weight is 296 g/mol. The van der Waals surface area contributed by atoms with E-state index in [0.717, 1.165) is 11.8 Å². The lowest BCUT2D eigenvalue weighted by Crippen LogP contribution is -2.12. The molecule has 0 unspecified atom stereocenters. The topological polar surface area (TPSA) is 81.4 Å². The van der Waals surface area contributed by atoms with Gasteiger partial charge in [-0.1, -0.05) is 0 Å². The van der Waals surface area contributed by atoms with Crippen LogP contribution in [0, 0.1) is 5.82 Å². The van der Waals surface area contributed by atoms with Gasteiger partial charge in [-0.3, -0.25) is 0 Å². The number of halogens is 1. The zero-order valence-corrected chi connectivity index (χ0v) is 11.4. The fourth-order valence-corrected chi connectivity index (χ4v) is 2.08. The van der Waals surface area contributed by atoms with E-state index in [1.54, 1.807) is 31.3 Å². The Morgan fingerprint density at radius 1 is 1.15 bits per heavy atom. The standard InChI is InChI=1S/C13H13FN2O3S/c1-16-9-2-4-10(5-3-9)19-13-7-6-11(8-12(13)14)20(15,17)18/h2-8,16H,1H3,(H2,15,17,18). The fraction of sp³-hybridized carbons (Fsp3) is 0.0769. The molecule has 0 fully saturated rings. The minimum Gasteiger partial charge on any atom is -0.454 e. The Morgan fingerprint density at radius 3 is 2.30 bits per heavy atom. The summed E-state index contributed by atoms with van der Waals surface area (Å²) in [5, 5.41) is 7.86. The van der Waals surface area contributed by atoms with E-state index in [-0.39, 0.29) is 10.6 Å². The van der Waals surface area contributed by atoms with Gasteiger partial charge >= 0.3 is 0 Å². The van der Waals surface area contributed by atoms with E-state index in [1.165, 1.54) is 12.1 Å². The van der Waals surface area contributed by atoms with Crippen LogP contribution in [0.4, 0.5) is 10.1 Å². The number of nitrogens with two attached hydrogens (primary N) is 1.